The molecule has 8 nitrogen and oxygen atoms in total. The maximum Gasteiger partial charge on any atom is 0.472 e. The number of hydrogen-bond donors (Lipinski definition) is 3. The second kappa shape index (κ2) is 43.9. The Bertz CT molecular complexity index is 1090. The molecular weight excluding hydrogens is 780 g/mol. The number of aliphatic hydroxyl groups excluding tert-OH is 1. The van der Waals surface area contributed by atoms with Crippen molar-refractivity contribution in [2.75, 3.05) is 40.9 Å². The number of carbonyl (C=O) groups excluding carboxylic acids is 1. The van der Waals surface area contributed by atoms with Crippen LogP contribution in [0.1, 0.15) is 239 Å². The quantitative estimate of drug-likeness (QED) is 0.0243. The molecule has 0 aromatic rings. The lowest BCUT2D eigenvalue weighted by molar-refractivity contribution is -0.870. The summed E-state index contributed by atoms with van der Waals surface area (Å²) in [4.78, 5) is 23.2. The zero-order valence-electron chi connectivity index (χ0n) is 40.9. The van der Waals surface area contributed by atoms with Crippen LogP contribution < -0.4 is 5.32 Å². The van der Waals surface area contributed by atoms with E-state index in [1.165, 1.54) is 173 Å². The number of amides is 1. The first kappa shape index (κ1) is 59.7. The lowest BCUT2D eigenvalue weighted by Crippen LogP contribution is -2.45. The zero-order valence-corrected chi connectivity index (χ0v) is 41.8. The number of carbonyl (C=O) groups is 1. The molecule has 0 heterocycles. The Morgan fingerprint density at radius 1 is 0.541 bits per heavy atom. The van der Waals surface area contributed by atoms with Crippen molar-refractivity contribution in [3.63, 3.8) is 0 Å². The summed E-state index contributed by atoms with van der Waals surface area (Å²) in [5, 5.41) is 13.9. The smallest absolute Gasteiger partial charge is 0.387 e. The molecule has 61 heavy (non-hydrogen) atoms. The molecule has 3 atom stereocenters. The van der Waals surface area contributed by atoms with E-state index in [4.69, 9.17) is 9.05 Å². The number of nitrogens with zero attached hydrogens (tertiary/aromatic N) is 1. The number of phosphoric ester groups is 1. The van der Waals surface area contributed by atoms with Gasteiger partial charge in [0.1, 0.15) is 13.2 Å². The van der Waals surface area contributed by atoms with E-state index in [1.54, 1.807) is 6.08 Å². The third-order valence-corrected chi connectivity index (χ3v) is 12.6. The molecular formula is C52H102N2O6P+. The van der Waals surface area contributed by atoms with Gasteiger partial charge in [0.15, 0.2) is 0 Å². The maximum atomic E-state index is 12.9. The fraction of sp³-hybridized carbons (Fsp3) is 0.865. The van der Waals surface area contributed by atoms with Crippen molar-refractivity contribution in [2.45, 2.75) is 251 Å². The summed E-state index contributed by atoms with van der Waals surface area (Å²) < 4.78 is 23.6. The van der Waals surface area contributed by atoms with Crippen LogP contribution in [0.2, 0.25) is 0 Å². The predicted octanol–water partition coefficient (Wildman–Crippen LogP) is 15.0. The minimum Gasteiger partial charge on any atom is -0.387 e. The molecule has 0 aromatic carbocycles. The molecule has 0 aliphatic heterocycles. The summed E-state index contributed by atoms with van der Waals surface area (Å²) >= 11 is 0. The number of allylic oxidation sites excluding steroid dienone is 5. The van der Waals surface area contributed by atoms with Crippen molar-refractivity contribution in [1.82, 2.24) is 5.32 Å². The van der Waals surface area contributed by atoms with Crippen LogP contribution >= 0.6 is 7.82 Å². The number of quaternary nitrogens is 1. The van der Waals surface area contributed by atoms with Gasteiger partial charge < -0.3 is 19.8 Å². The molecule has 0 aliphatic rings. The second-order valence-electron chi connectivity index (χ2n) is 18.9. The van der Waals surface area contributed by atoms with Crippen LogP contribution in [0.4, 0.5) is 0 Å². The van der Waals surface area contributed by atoms with E-state index in [2.05, 4.69) is 43.5 Å². The van der Waals surface area contributed by atoms with Crippen molar-refractivity contribution in [3.05, 3.63) is 36.5 Å². The van der Waals surface area contributed by atoms with E-state index in [1.807, 2.05) is 27.2 Å². The van der Waals surface area contributed by atoms with E-state index in [-0.39, 0.29) is 19.1 Å². The van der Waals surface area contributed by atoms with Gasteiger partial charge in [-0.05, 0) is 44.9 Å². The van der Waals surface area contributed by atoms with Crippen LogP contribution in [0.25, 0.3) is 0 Å². The van der Waals surface area contributed by atoms with Crippen molar-refractivity contribution in [1.29, 1.82) is 0 Å². The van der Waals surface area contributed by atoms with Crippen LogP contribution in [0.15, 0.2) is 36.5 Å². The van der Waals surface area contributed by atoms with Crippen LogP contribution in [0, 0.1) is 0 Å². The first-order chi connectivity index (χ1) is 29.5. The zero-order chi connectivity index (χ0) is 45.0. The highest BCUT2D eigenvalue weighted by atomic mass is 31.2. The molecule has 0 bridgehead atoms. The average Bonchev–Trinajstić information content (AvgIpc) is 3.21. The van der Waals surface area contributed by atoms with Gasteiger partial charge in [-0.3, -0.25) is 13.8 Å². The third-order valence-electron chi connectivity index (χ3n) is 11.6. The van der Waals surface area contributed by atoms with Crippen LogP contribution in [0.3, 0.4) is 0 Å². The van der Waals surface area contributed by atoms with Crippen molar-refractivity contribution < 1.29 is 32.9 Å². The van der Waals surface area contributed by atoms with Gasteiger partial charge in [-0.2, -0.15) is 0 Å². The van der Waals surface area contributed by atoms with Crippen LogP contribution in [0.5, 0.6) is 0 Å². The van der Waals surface area contributed by atoms with Gasteiger partial charge >= 0.3 is 7.82 Å². The monoisotopic (exact) mass is 882 g/mol. The summed E-state index contributed by atoms with van der Waals surface area (Å²) in [7, 11) is 1.55. The van der Waals surface area contributed by atoms with Crippen LogP contribution in [-0.4, -0.2) is 73.4 Å². The lowest BCUT2D eigenvalue weighted by Gasteiger charge is -2.25. The molecule has 0 saturated carbocycles. The fourth-order valence-corrected chi connectivity index (χ4v) is 8.22. The SMILES string of the molecule is CCCCCCCCCCCCCCCC/C=C/CC/C=C/CC/C=C/C(O)C(COP(=O)(O)OCC[N+](C)(C)C)NC(=O)CCCCCCCCCCCCCCCCC. The summed E-state index contributed by atoms with van der Waals surface area (Å²) in [6.45, 7) is 4.81. The molecule has 0 rings (SSSR count). The van der Waals surface area contributed by atoms with Gasteiger partial charge in [0.05, 0.1) is 39.9 Å². The standard InChI is InChI=1S/C52H101N2O6P/c1-6-8-10-12-14-16-18-20-22-23-24-25-26-27-28-29-30-32-33-35-37-39-41-43-45-51(55)50(49-60-61(57,58)59-48-47-54(3,4)5)53-52(56)46-44-42-40-38-36-34-31-21-19-17-15-13-11-9-7-2/h29-30,35,37,43,45,50-51,55H,6-28,31-34,36,38-42,44,46-49H2,1-5H3,(H-,53,56,57,58)/p+1/b30-29+,37-35+,45-43+. The number of nitrogens with one attached hydrogen (secondary N) is 1. The Morgan fingerprint density at radius 3 is 1.31 bits per heavy atom. The molecule has 0 radical (unpaired) electrons. The number of aliphatic hydroxyl groups is 1. The molecule has 0 saturated heterocycles. The van der Waals surface area contributed by atoms with Gasteiger partial charge in [0.2, 0.25) is 5.91 Å². The van der Waals surface area contributed by atoms with E-state index >= 15 is 0 Å². The molecule has 3 N–H and O–H groups in total. The lowest BCUT2D eigenvalue weighted by atomic mass is 10.0. The topological polar surface area (TPSA) is 105 Å². The summed E-state index contributed by atoms with van der Waals surface area (Å²) in [5.41, 5.74) is 0. The summed E-state index contributed by atoms with van der Waals surface area (Å²) in [6, 6.07) is -0.866. The highest BCUT2D eigenvalue weighted by Gasteiger charge is 2.27. The predicted molar refractivity (Wildman–Crippen MR) is 263 cm³/mol. The fourth-order valence-electron chi connectivity index (χ4n) is 7.49. The van der Waals surface area contributed by atoms with Gasteiger partial charge in [0.25, 0.3) is 0 Å². The largest absolute Gasteiger partial charge is 0.472 e. The second-order valence-corrected chi connectivity index (χ2v) is 20.3. The number of unbranched alkanes of at least 4 members (excludes halogenated alkanes) is 30. The van der Waals surface area contributed by atoms with Gasteiger partial charge in [-0.1, -0.05) is 224 Å². The maximum absolute atomic E-state index is 12.9. The van der Waals surface area contributed by atoms with Crippen molar-refractivity contribution in [3.8, 4) is 0 Å². The molecule has 1 amide bonds. The third kappa shape index (κ3) is 46.5. The summed E-state index contributed by atoms with van der Waals surface area (Å²) in [6.07, 6.45) is 55.2. The Kier molecular flexibility index (Phi) is 43.0. The normalized spacial score (nSPS) is 14.4. The Balaban J connectivity index is 4.35. The van der Waals surface area contributed by atoms with Crippen molar-refractivity contribution >= 4 is 13.7 Å². The molecule has 9 heteroatoms. The Morgan fingerprint density at radius 2 is 0.902 bits per heavy atom. The molecule has 360 valence electrons. The van der Waals surface area contributed by atoms with Crippen LogP contribution in [-0.2, 0) is 18.4 Å². The van der Waals surface area contributed by atoms with E-state index < -0.39 is 20.0 Å². The van der Waals surface area contributed by atoms with Gasteiger partial charge in [-0.25, -0.2) is 4.57 Å². The van der Waals surface area contributed by atoms with E-state index in [0.717, 1.165) is 44.9 Å². The first-order valence-corrected chi connectivity index (χ1v) is 27.4. The molecule has 0 fully saturated rings. The molecule has 0 spiro atoms. The van der Waals surface area contributed by atoms with E-state index in [9.17, 15) is 19.4 Å². The Hall–Kier alpha value is -1.28. The Labute approximate surface area is 378 Å². The number of rotatable bonds is 47. The minimum atomic E-state index is -4.35. The van der Waals surface area contributed by atoms with E-state index in [0.29, 0.717) is 17.4 Å². The number of hydrogen-bond acceptors (Lipinski definition) is 5. The molecule has 3 unspecified atom stereocenters. The summed E-state index contributed by atoms with van der Waals surface area (Å²) in [5.74, 6) is -0.189. The highest BCUT2D eigenvalue weighted by molar-refractivity contribution is 7.47. The number of likely N-dealkylation sites (N-methyl/N-ethyl adjacent to an activating group) is 1. The number of phosphoric acid groups is 1. The molecule has 0 aromatic heterocycles. The highest BCUT2D eigenvalue weighted by Crippen LogP contribution is 2.43. The minimum absolute atomic E-state index is 0.0549. The molecule has 0 aliphatic carbocycles. The van der Waals surface area contributed by atoms with Gasteiger partial charge in [0, 0.05) is 6.42 Å². The van der Waals surface area contributed by atoms with Crippen molar-refractivity contribution in [2.24, 2.45) is 0 Å². The average molecular weight is 882 g/mol. The first-order valence-electron chi connectivity index (χ1n) is 25.9. The van der Waals surface area contributed by atoms with Gasteiger partial charge in [-0.15, -0.1) is 0 Å².